The maximum Gasteiger partial charge on any atom is 0.318 e. The first-order chi connectivity index (χ1) is 6.22. The van der Waals surface area contributed by atoms with Crippen molar-refractivity contribution in [2.75, 3.05) is 11.0 Å². The number of ether oxygens (including phenoxy) is 1. The first kappa shape index (κ1) is 13.9. The average Bonchev–Trinajstić information content (AvgIpc) is 2.14. The molecule has 2 nitrogen and oxygen atoms in total. The van der Waals surface area contributed by atoms with Gasteiger partial charge in [0.1, 0.15) is 3.92 Å². The van der Waals surface area contributed by atoms with E-state index in [0.717, 1.165) is 30.1 Å². The summed E-state index contributed by atoms with van der Waals surface area (Å²) in [4.78, 5) is 11.3. The van der Waals surface area contributed by atoms with Gasteiger partial charge in [-0.15, -0.1) is 0 Å². The summed E-state index contributed by atoms with van der Waals surface area (Å²) in [6.45, 7) is 2.67. The van der Waals surface area contributed by atoms with Gasteiger partial charge in [-0.1, -0.05) is 58.5 Å². The molecule has 0 amide bonds. The molecule has 0 aliphatic carbocycles. The van der Waals surface area contributed by atoms with Crippen LogP contribution in [0.5, 0.6) is 0 Å². The molecule has 0 fully saturated rings. The lowest BCUT2D eigenvalue weighted by atomic mass is 10.2. The number of alkyl halides is 2. The Morgan fingerprint density at radius 3 is 2.69 bits per heavy atom. The number of unbranched alkanes of at least 4 members (excludes halogenated alkanes) is 1. The Balaban J connectivity index is 3.45. The highest BCUT2D eigenvalue weighted by molar-refractivity contribution is 14.1. The van der Waals surface area contributed by atoms with Gasteiger partial charge in [-0.25, -0.2) is 0 Å². The van der Waals surface area contributed by atoms with Crippen LogP contribution in [0.25, 0.3) is 0 Å². The third-order valence-electron chi connectivity index (χ3n) is 1.59. The number of esters is 1. The molecule has 0 bridgehead atoms. The number of rotatable bonds is 7. The van der Waals surface area contributed by atoms with E-state index in [0.29, 0.717) is 6.61 Å². The Labute approximate surface area is 107 Å². The van der Waals surface area contributed by atoms with E-state index in [1.165, 1.54) is 0 Å². The van der Waals surface area contributed by atoms with Crippen LogP contribution in [-0.2, 0) is 9.53 Å². The summed E-state index contributed by atoms with van der Waals surface area (Å²) < 4.78 is 6.25. The Kier molecular flexibility index (Phi) is 10.2. The van der Waals surface area contributed by atoms with Crippen molar-refractivity contribution in [2.45, 2.75) is 36.5 Å². The Bertz CT molecular complexity index is 140. The maximum atomic E-state index is 11.3. The summed E-state index contributed by atoms with van der Waals surface area (Å²) >= 11 is 4.49. The quantitative estimate of drug-likeness (QED) is 0.279. The zero-order valence-electron chi connectivity index (χ0n) is 7.89. The second kappa shape index (κ2) is 9.48. The fourth-order valence-electron chi connectivity index (χ4n) is 0.782. The largest absolute Gasteiger partial charge is 0.465 e. The lowest BCUT2D eigenvalue weighted by Gasteiger charge is -2.08. The third kappa shape index (κ3) is 7.96. The van der Waals surface area contributed by atoms with Crippen molar-refractivity contribution >= 4 is 51.2 Å². The van der Waals surface area contributed by atoms with Gasteiger partial charge in [0.25, 0.3) is 0 Å². The molecule has 0 N–H and O–H groups in total. The molecule has 1 atom stereocenters. The molecule has 0 saturated heterocycles. The van der Waals surface area contributed by atoms with Gasteiger partial charge >= 0.3 is 5.97 Å². The van der Waals surface area contributed by atoms with Gasteiger partial charge in [0.15, 0.2) is 0 Å². The van der Waals surface area contributed by atoms with Crippen LogP contribution < -0.4 is 0 Å². The van der Waals surface area contributed by atoms with Crippen molar-refractivity contribution in [3.05, 3.63) is 0 Å². The molecule has 0 aliphatic heterocycles. The van der Waals surface area contributed by atoms with E-state index in [-0.39, 0.29) is 9.89 Å². The van der Waals surface area contributed by atoms with Crippen molar-refractivity contribution in [1.82, 2.24) is 0 Å². The molecule has 1 unspecified atom stereocenters. The van der Waals surface area contributed by atoms with Gasteiger partial charge in [-0.2, -0.15) is 0 Å². The van der Waals surface area contributed by atoms with E-state index in [1.807, 2.05) is 0 Å². The van der Waals surface area contributed by atoms with Crippen LogP contribution in [-0.4, -0.2) is 20.9 Å². The number of hydrogen-bond donors (Lipinski definition) is 0. The molecular weight excluding hydrogens is 394 g/mol. The van der Waals surface area contributed by atoms with E-state index >= 15 is 0 Å². The zero-order valence-corrected chi connectivity index (χ0v) is 12.2. The van der Waals surface area contributed by atoms with Crippen molar-refractivity contribution in [2.24, 2.45) is 0 Å². The molecule has 0 rings (SSSR count). The fourth-order valence-corrected chi connectivity index (χ4v) is 1.84. The van der Waals surface area contributed by atoms with Gasteiger partial charge in [-0.05, 0) is 23.7 Å². The molecule has 0 aromatic carbocycles. The third-order valence-corrected chi connectivity index (χ3v) is 3.48. The highest BCUT2D eigenvalue weighted by Gasteiger charge is 2.14. The second-order valence-corrected chi connectivity index (χ2v) is 5.40. The van der Waals surface area contributed by atoms with Crippen molar-refractivity contribution < 1.29 is 9.53 Å². The summed E-state index contributed by atoms with van der Waals surface area (Å²) in [6.07, 6.45) is 4.08. The van der Waals surface area contributed by atoms with Crippen LogP contribution in [0.3, 0.4) is 0 Å². The van der Waals surface area contributed by atoms with E-state index in [9.17, 15) is 4.79 Å². The lowest BCUT2D eigenvalue weighted by Crippen LogP contribution is -2.17. The summed E-state index contributed by atoms with van der Waals surface area (Å²) in [5, 5.41) is 0. The topological polar surface area (TPSA) is 26.3 Å². The molecule has 78 valence electrons. The number of carbonyl (C=O) groups excluding carboxylic acids is 1. The molecule has 4 heteroatoms. The van der Waals surface area contributed by atoms with Crippen LogP contribution in [0.2, 0.25) is 0 Å². The predicted octanol–water partition coefficient (Wildman–Crippen LogP) is 3.35. The number of carbonyl (C=O) groups is 1. The smallest absolute Gasteiger partial charge is 0.318 e. The molecule has 0 aromatic heterocycles. The predicted molar refractivity (Wildman–Crippen MR) is 71.8 cm³/mol. The lowest BCUT2D eigenvalue weighted by molar-refractivity contribution is -0.142. The first-order valence-electron chi connectivity index (χ1n) is 4.59. The van der Waals surface area contributed by atoms with E-state index in [1.54, 1.807) is 0 Å². The standard InChI is InChI=1S/C9H16I2O2/c1-2-3-7-13-9(12)8(11)5-4-6-10/h8H,2-7H2,1H3. The molecule has 0 saturated carbocycles. The van der Waals surface area contributed by atoms with Crippen LogP contribution >= 0.6 is 45.2 Å². The van der Waals surface area contributed by atoms with Crippen LogP contribution in [0.15, 0.2) is 0 Å². The van der Waals surface area contributed by atoms with Crippen molar-refractivity contribution in [3.8, 4) is 0 Å². The summed E-state index contributed by atoms with van der Waals surface area (Å²) in [7, 11) is 0. The average molecular weight is 410 g/mol. The van der Waals surface area contributed by atoms with Gasteiger partial charge in [0.2, 0.25) is 0 Å². The van der Waals surface area contributed by atoms with Crippen LogP contribution in [0, 0.1) is 0 Å². The monoisotopic (exact) mass is 410 g/mol. The summed E-state index contributed by atoms with van der Waals surface area (Å²) in [5.74, 6) is -0.0427. The summed E-state index contributed by atoms with van der Waals surface area (Å²) in [5.41, 5.74) is 0. The van der Waals surface area contributed by atoms with Crippen molar-refractivity contribution in [3.63, 3.8) is 0 Å². The van der Waals surface area contributed by atoms with Crippen LogP contribution in [0.1, 0.15) is 32.6 Å². The van der Waals surface area contributed by atoms with Gasteiger partial charge in [-0.3, -0.25) is 4.79 Å². The molecule has 0 aliphatic rings. The normalized spacial score (nSPS) is 12.5. The molecule has 13 heavy (non-hydrogen) atoms. The molecule has 0 aromatic rings. The molecule has 0 heterocycles. The molecule has 0 spiro atoms. The minimum absolute atomic E-state index is 0.0427. The fraction of sp³-hybridized carbons (Fsp3) is 0.889. The highest BCUT2D eigenvalue weighted by atomic mass is 127. The number of halogens is 2. The van der Waals surface area contributed by atoms with E-state index < -0.39 is 0 Å². The highest BCUT2D eigenvalue weighted by Crippen LogP contribution is 2.12. The van der Waals surface area contributed by atoms with Gasteiger partial charge in [0, 0.05) is 0 Å². The zero-order chi connectivity index (χ0) is 10.1. The minimum Gasteiger partial charge on any atom is -0.465 e. The Hall–Kier alpha value is 0.930. The maximum absolute atomic E-state index is 11.3. The summed E-state index contributed by atoms with van der Waals surface area (Å²) in [6, 6.07) is 0. The first-order valence-corrected chi connectivity index (χ1v) is 7.36. The van der Waals surface area contributed by atoms with Gasteiger partial charge < -0.3 is 4.74 Å². The van der Waals surface area contributed by atoms with Crippen LogP contribution in [0.4, 0.5) is 0 Å². The van der Waals surface area contributed by atoms with Crippen molar-refractivity contribution in [1.29, 1.82) is 0 Å². The second-order valence-electron chi connectivity index (χ2n) is 2.82. The van der Waals surface area contributed by atoms with E-state index in [4.69, 9.17) is 4.74 Å². The Morgan fingerprint density at radius 2 is 2.15 bits per heavy atom. The number of hydrogen-bond acceptors (Lipinski definition) is 2. The molecule has 0 radical (unpaired) electrons. The SMILES string of the molecule is CCCCOC(=O)C(I)CCCI. The van der Waals surface area contributed by atoms with Gasteiger partial charge in [0.05, 0.1) is 6.61 Å². The van der Waals surface area contributed by atoms with E-state index in [2.05, 4.69) is 52.1 Å². The Morgan fingerprint density at radius 1 is 1.46 bits per heavy atom. The minimum atomic E-state index is -0.0427. The molecular formula is C9H16I2O2.